The minimum absolute atomic E-state index is 0.218. The van der Waals surface area contributed by atoms with Crippen molar-refractivity contribution in [3.8, 4) is 5.75 Å². The van der Waals surface area contributed by atoms with E-state index in [1.807, 2.05) is 32.3 Å². The number of aryl methyl sites for hydroxylation is 1. The van der Waals surface area contributed by atoms with Crippen molar-refractivity contribution in [2.24, 2.45) is 0 Å². The molecule has 0 aliphatic heterocycles. The molecule has 0 amide bonds. The van der Waals surface area contributed by atoms with Gasteiger partial charge in [-0.15, -0.1) is 0 Å². The molecule has 4 heteroatoms. The summed E-state index contributed by atoms with van der Waals surface area (Å²) in [6, 6.07) is 7.71. The quantitative estimate of drug-likeness (QED) is 0.915. The average Bonchev–Trinajstić information content (AvgIpc) is 2.43. The number of pyridine rings is 2. The Bertz CT molecular complexity index is 542. The highest BCUT2D eigenvalue weighted by molar-refractivity contribution is 5.27. The number of aromatic hydroxyl groups is 1. The van der Waals surface area contributed by atoms with Crippen molar-refractivity contribution in [2.75, 3.05) is 7.05 Å². The standard InChI is InChI=1S/C15H19N3O/c1-11-6-7-15(19)14(17-11)10-18(3)12(2)13-5-4-8-16-9-13/h4-9,12,19H,10H2,1-3H3/t12-/m1/s1. The van der Waals surface area contributed by atoms with Gasteiger partial charge in [0.05, 0.1) is 5.69 Å². The second-order valence-corrected chi connectivity index (χ2v) is 4.80. The van der Waals surface area contributed by atoms with E-state index in [1.54, 1.807) is 12.3 Å². The third kappa shape index (κ3) is 3.29. The first-order valence-corrected chi connectivity index (χ1v) is 6.33. The van der Waals surface area contributed by atoms with E-state index in [9.17, 15) is 5.11 Å². The van der Waals surface area contributed by atoms with Gasteiger partial charge in [0, 0.05) is 30.7 Å². The zero-order valence-electron chi connectivity index (χ0n) is 11.5. The predicted molar refractivity (Wildman–Crippen MR) is 74.8 cm³/mol. The third-order valence-electron chi connectivity index (χ3n) is 3.32. The number of rotatable bonds is 4. The first-order valence-electron chi connectivity index (χ1n) is 6.33. The zero-order chi connectivity index (χ0) is 13.8. The fourth-order valence-electron chi connectivity index (χ4n) is 1.97. The molecule has 19 heavy (non-hydrogen) atoms. The molecule has 0 bridgehead atoms. The van der Waals surface area contributed by atoms with Crippen molar-refractivity contribution in [2.45, 2.75) is 26.4 Å². The van der Waals surface area contributed by atoms with Crippen LogP contribution in [0.25, 0.3) is 0 Å². The maximum Gasteiger partial charge on any atom is 0.138 e. The molecule has 0 radical (unpaired) electrons. The average molecular weight is 257 g/mol. The van der Waals surface area contributed by atoms with Crippen LogP contribution in [0.5, 0.6) is 5.75 Å². The Morgan fingerprint density at radius 1 is 1.32 bits per heavy atom. The first-order chi connectivity index (χ1) is 9.08. The lowest BCUT2D eigenvalue weighted by Crippen LogP contribution is -2.22. The molecule has 2 rings (SSSR count). The van der Waals surface area contributed by atoms with Crippen molar-refractivity contribution in [1.82, 2.24) is 14.9 Å². The van der Waals surface area contributed by atoms with Gasteiger partial charge in [-0.3, -0.25) is 14.9 Å². The van der Waals surface area contributed by atoms with Gasteiger partial charge in [0.25, 0.3) is 0 Å². The molecule has 0 aromatic carbocycles. The van der Waals surface area contributed by atoms with Crippen molar-refractivity contribution in [1.29, 1.82) is 0 Å². The summed E-state index contributed by atoms with van der Waals surface area (Å²) in [5, 5.41) is 9.83. The number of hydrogen-bond donors (Lipinski definition) is 1. The van der Waals surface area contributed by atoms with Gasteiger partial charge >= 0.3 is 0 Å². The van der Waals surface area contributed by atoms with Gasteiger partial charge in [0.2, 0.25) is 0 Å². The van der Waals surface area contributed by atoms with E-state index < -0.39 is 0 Å². The Hall–Kier alpha value is -1.94. The van der Waals surface area contributed by atoms with Gasteiger partial charge in [-0.05, 0) is 44.7 Å². The Kier molecular flexibility index (Phi) is 4.12. The summed E-state index contributed by atoms with van der Waals surface area (Å²) in [6.45, 7) is 4.64. The second kappa shape index (κ2) is 5.80. The minimum Gasteiger partial charge on any atom is -0.506 e. The maximum atomic E-state index is 9.83. The lowest BCUT2D eigenvalue weighted by atomic mass is 10.1. The summed E-state index contributed by atoms with van der Waals surface area (Å²) < 4.78 is 0. The smallest absolute Gasteiger partial charge is 0.138 e. The molecule has 2 heterocycles. The first kappa shape index (κ1) is 13.5. The largest absolute Gasteiger partial charge is 0.506 e. The highest BCUT2D eigenvalue weighted by atomic mass is 16.3. The predicted octanol–water partition coefficient (Wildman–Crippen LogP) is 2.68. The summed E-state index contributed by atoms with van der Waals surface area (Å²) in [7, 11) is 2.02. The highest BCUT2D eigenvalue weighted by Crippen LogP contribution is 2.22. The van der Waals surface area contributed by atoms with Crippen molar-refractivity contribution in [3.05, 3.63) is 53.6 Å². The summed E-state index contributed by atoms with van der Waals surface area (Å²) >= 11 is 0. The van der Waals surface area contributed by atoms with Gasteiger partial charge in [-0.1, -0.05) is 6.07 Å². The topological polar surface area (TPSA) is 49.2 Å². The van der Waals surface area contributed by atoms with Crippen LogP contribution < -0.4 is 0 Å². The van der Waals surface area contributed by atoms with Crippen molar-refractivity contribution < 1.29 is 5.11 Å². The van der Waals surface area contributed by atoms with Crippen LogP contribution in [0.15, 0.2) is 36.7 Å². The van der Waals surface area contributed by atoms with Gasteiger partial charge in [0.15, 0.2) is 0 Å². The summed E-state index contributed by atoms with van der Waals surface area (Å²) in [5.41, 5.74) is 2.77. The van der Waals surface area contributed by atoms with Crippen molar-refractivity contribution in [3.63, 3.8) is 0 Å². The van der Waals surface area contributed by atoms with Crippen molar-refractivity contribution >= 4 is 0 Å². The van der Waals surface area contributed by atoms with E-state index >= 15 is 0 Å². The lowest BCUT2D eigenvalue weighted by molar-refractivity contribution is 0.246. The molecule has 2 aromatic rings. The van der Waals surface area contributed by atoms with E-state index in [0.717, 1.165) is 11.3 Å². The Balaban J connectivity index is 2.12. The number of nitrogens with zero attached hydrogens (tertiary/aromatic N) is 3. The molecule has 1 N–H and O–H groups in total. The van der Waals surface area contributed by atoms with E-state index in [-0.39, 0.29) is 11.8 Å². The molecule has 4 nitrogen and oxygen atoms in total. The molecule has 0 aliphatic rings. The van der Waals surface area contributed by atoms with Gasteiger partial charge in [-0.2, -0.15) is 0 Å². The lowest BCUT2D eigenvalue weighted by Gasteiger charge is -2.24. The van der Waals surface area contributed by atoms with Crippen LogP contribution in [0, 0.1) is 6.92 Å². The van der Waals surface area contributed by atoms with Crippen LogP contribution >= 0.6 is 0 Å². The SMILES string of the molecule is Cc1ccc(O)c(CN(C)[C@H](C)c2cccnc2)n1. The summed E-state index contributed by atoms with van der Waals surface area (Å²) in [4.78, 5) is 10.7. The minimum atomic E-state index is 0.218. The molecular weight excluding hydrogens is 238 g/mol. The van der Waals surface area contributed by atoms with Gasteiger partial charge in [-0.25, -0.2) is 0 Å². The Morgan fingerprint density at radius 2 is 2.11 bits per heavy atom. The van der Waals surface area contributed by atoms with Gasteiger partial charge in [0.1, 0.15) is 5.75 Å². The fourth-order valence-corrected chi connectivity index (χ4v) is 1.97. The monoisotopic (exact) mass is 257 g/mol. The number of hydrogen-bond acceptors (Lipinski definition) is 4. The maximum absolute atomic E-state index is 9.83. The fraction of sp³-hybridized carbons (Fsp3) is 0.333. The molecule has 0 saturated heterocycles. The number of aromatic nitrogens is 2. The normalized spacial score (nSPS) is 12.6. The van der Waals surface area contributed by atoms with Gasteiger partial charge < -0.3 is 5.11 Å². The second-order valence-electron chi connectivity index (χ2n) is 4.80. The summed E-state index contributed by atoms with van der Waals surface area (Å²) in [6.07, 6.45) is 3.63. The third-order valence-corrected chi connectivity index (χ3v) is 3.32. The summed E-state index contributed by atoms with van der Waals surface area (Å²) in [5.74, 6) is 0.246. The Labute approximate surface area is 113 Å². The molecule has 0 unspecified atom stereocenters. The van der Waals surface area contributed by atoms with Crippen LogP contribution in [-0.4, -0.2) is 27.0 Å². The van der Waals surface area contributed by atoms with Crippen LogP contribution in [-0.2, 0) is 6.54 Å². The molecule has 0 saturated carbocycles. The van der Waals surface area contributed by atoms with E-state index in [4.69, 9.17) is 0 Å². The molecule has 100 valence electrons. The highest BCUT2D eigenvalue weighted by Gasteiger charge is 2.14. The molecule has 1 atom stereocenters. The molecule has 0 fully saturated rings. The zero-order valence-corrected chi connectivity index (χ0v) is 11.5. The van der Waals surface area contributed by atoms with Crippen LogP contribution in [0.2, 0.25) is 0 Å². The van der Waals surface area contributed by atoms with Crippen LogP contribution in [0.1, 0.15) is 29.9 Å². The molecule has 0 spiro atoms. The van der Waals surface area contributed by atoms with E-state index in [2.05, 4.69) is 27.9 Å². The van der Waals surface area contributed by atoms with E-state index in [1.165, 1.54) is 0 Å². The molecular formula is C15H19N3O. The molecule has 0 aliphatic carbocycles. The Morgan fingerprint density at radius 3 is 2.79 bits per heavy atom. The molecule has 2 aromatic heterocycles. The van der Waals surface area contributed by atoms with Crippen LogP contribution in [0.4, 0.5) is 0 Å². The van der Waals surface area contributed by atoms with E-state index in [0.29, 0.717) is 12.2 Å². The van der Waals surface area contributed by atoms with Crippen LogP contribution in [0.3, 0.4) is 0 Å².